The summed E-state index contributed by atoms with van der Waals surface area (Å²) >= 11 is 0. The van der Waals surface area contributed by atoms with Crippen molar-refractivity contribution in [2.45, 2.75) is 32.2 Å². The van der Waals surface area contributed by atoms with Crippen molar-refractivity contribution in [3.63, 3.8) is 0 Å². The zero-order valence-electron chi connectivity index (χ0n) is 17.7. The Hall–Kier alpha value is -3.19. The highest BCUT2D eigenvalue weighted by Crippen LogP contribution is 2.26. The summed E-state index contributed by atoms with van der Waals surface area (Å²) in [6.45, 7) is 5.50. The number of benzene rings is 3. The number of aryl methyl sites for hydroxylation is 3. The molecule has 0 saturated carbocycles. The fourth-order valence-electron chi connectivity index (χ4n) is 3.02. The molecule has 0 aromatic heterocycles. The zero-order valence-corrected chi connectivity index (χ0v) is 18.5. The minimum Gasteiger partial charge on any atom is -0.350 e. The summed E-state index contributed by atoms with van der Waals surface area (Å²) in [5.74, 6) is -0.821. The van der Waals surface area contributed by atoms with Crippen LogP contribution in [0.4, 0.5) is 10.1 Å². The van der Waals surface area contributed by atoms with Crippen molar-refractivity contribution in [1.29, 1.82) is 0 Å². The van der Waals surface area contributed by atoms with E-state index >= 15 is 0 Å². The van der Waals surface area contributed by atoms with Gasteiger partial charge in [-0.05, 0) is 73.9 Å². The molecule has 162 valence electrons. The Labute approximate surface area is 182 Å². The second-order valence-corrected chi connectivity index (χ2v) is 9.36. The molecule has 1 amide bonds. The third kappa shape index (κ3) is 5.49. The predicted molar refractivity (Wildman–Crippen MR) is 120 cm³/mol. The van der Waals surface area contributed by atoms with E-state index in [1.807, 2.05) is 26.8 Å². The second kappa shape index (κ2) is 9.31. The molecule has 7 heteroatoms. The van der Waals surface area contributed by atoms with Crippen LogP contribution in [-0.4, -0.2) is 20.9 Å². The predicted octanol–water partition coefficient (Wildman–Crippen LogP) is 4.26. The quantitative estimate of drug-likeness (QED) is 0.597. The smallest absolute Gasteiger partial charge is 0.264 e. The molecule has 0 atom stereocenters. The van der Waals surface area contributed by atoms with Crippen LogP contribution in [0.5, 0.6) is 0 Å². The maximum absolute atomic E-state index is 13.4. The lowest BCUT2D eigenvalue weighted by atomic mass is 10.1. The highest BCUT2D eigenvalue weighted by Gasteiger charge is 2.27. The van der Waals surface area contributed by atoms with Gasteiger partial charge >= 0.3 is 0 Å². The summed E-state index contributed by atoms with van der Waals surface area (Å²) in [6.07, 6.45) is 0. The van der Waals surface area contributed by atoms with Gasteiger partial charge in [-0.25, -0.2) is 12.8 Å². The van der Waals surface area contributed by atoms with Gasteiger partial charge in [-0.2, -0.15) is 0 Å². The summed E-state index contributed by atoms with van der Waals surface area (Å²) in [5, 5.41) is 2.71. The average molecular weight is 441 g/mol. The Kier molecular flexibility index (Phi) is 6.75. The number of nitrogens with one attached hydrogen (secondary N) is 1. The second-order valence-electron chi connectivity index (χ2n) is 7.50. The number of rotatable bonds is 7. The van der Waals surface area contributed by atoms with E-state index in [0.29, 0.717) is 11.3 Å². The number of hydrogen-bond donors (Lipinski definition) is 1. The van der Waals surface area contributed by atoms with Crippen molar-refractivity contribution >= 4 is 21.6 Å². The Bertz CT molecular complexity index is 1170. The van der Waals surface area contributed by atoms with Crippen LogP contribution in [-0.2, 0) is 21.4 Å². The first-order valence-corrected chi connectivity index (χ1v) is 11.3. The molecule has 0 radical (unpaired) electrons. The van der Waals surface area contributed by atoms with E-state index < -0.39 is 15.9 Å². The Morgan fingerprint density at radius 3 is 2.16 bits per heavy atom. The summed E-state index contributed by atoms with van der Waals surface area (Å²) in [5.41, 5.74) is 4.02. The molecule has 1 N–H and O–H groups in total. The Balaban J connectivity index is 1.88. The van der Waals surface area contributed by atoms with Crippen LogP contribution in [0.25, 0.3) is 0 Å². The number of nitrogens with zero attached hydrogens (tertiary/aromatic N) is 1. The van der Waals surface area contributed by atoms with Crippen molar-refractivity contribution in [1.82, 2.24) is 5.32 Å². The number of halogens is 1. The van der Waals surface area contributed by atoms with Gasteiger partial charge in [0.2, 0.25) is 5.91 Å². The fourth-order valence-corrected chi connectivity index (χ4v) is 4.44. The van der Waals surface area contributed by atoms with Gasteiger partial charge in [0.05, 0.1) is 10.6 Å². The Morgan fingerprint density at radius 1 is 0.903 bits per heavy atom. The lowest BCUT2D eigenvalue weighted by Gasteiger charge is -2.25. The van der Waals surface area contributed by atoms with Crippen molar-refractivity contribution in [3.8, 4) is 0 Å². The molecule has 0 fully saturated rings. The summed E-state index contributed by atoms with van der Waals surface area (Å²) in [6, 6.07) is 17.6. The molecule has 0 aliphatic heterocycles. The summed E-state index contributed by atoms with van der Waals surface area (Å²) < 4.78 is 41.0. The topological polar surface area (TPSA) is 66.5 Å². The molecule has 5 nitrogen and oxygen atoms in total. The highest BCUT2D eigenvalue weighted by molar-refractivity contribution is 7.92. The highest BCUT2D eigenvalue weighted by atomic mass is 32.2. The number of hydrogen-bond acceptors (Lipinski definition) is 3. The molecule has 31 heavy (non-hydrogen) atoms. The first-order valence-electron chi connectivity index (χ1n) is 9.84. The standard InChI is InChI=1S/C24H25FN2O3S/c1-17-4-12-23(13-5-17)31(29,30)27(22-11-6-18(2)19(3)14-22)16-24(28)26-15-20-7-9-21(25)10-8-20/h4-14H,15-16H2,1-3H3,(H,26,28). The van der Waals surface area contributed by atoms with Crippen molar-refractivity contribution in [2.24, 2.45) is 0 Å². The third-order valence-electron chi connectivity index (χ3n) is 5.08. The van der Waals surface area contributed by atoms with Crippen molar-refractivity contribution < 1.29 is 17.6 Å². The maximum atomic E-state index is 13.4. The van der Waals surface area contributed by atoms with Gasteiger partial charge in [0.15, 0.2) is 0 Å². The van der Waals surface area contributed by atoms with Crippen LogP contribution in [0, 0.1) is 26.6 Å². The van der Waals surface area contributed by atoms with Crippen LogP contribution in [0.2, 0.25) is 0 Å². The van der Waals surface area contributed by atoms with E-state index in [-0.39, 0.29) is 23.8 Å². The van der Waals surface area contributed by atoms with Crippen LogP contribution in [0.3, 0.4) is 0 Å². The zero-order chi connectivity index (χ0) is 22.6. The van der Waals surface area contributed by atoms with E-state index in [1.54, 1.807) is 36.4 Å². The van der Waals surface area contributed by atoms with Gasteiger partial charge in [0.1, 0.15) is 12.4 Å². The molecule has 0 spiro atoms. The van der Waals surface area contributed by atoms with Crippen LogP contribution in [0.15, 0.2) is 71.6 Å². The molecule has 0 bridgehead atoms. The fraction of sp³-hybridized carbons (Fsp3) is 0.208. The molecule has 3 aromatic carbocycles. The van der Waals surface area contributed by atoms with E-state index in [4.69, 9.17) is 0 Å². The number of sulfonamides is 1. The monoisotopic (exact) mass is 440 g/mol. The first-order chi connectivity index (χ1) is 14.7. The van der Waals surface area contributed by atoms with Gasteiger partial charge in [-0.1, -0.05) is 35.9 Å². The van der Waals surface area contributed by atoms with Gasteiger partial charge in [-0.15, -0.1) is 0 Å². The van der Waals surface area contributed by atoms with Gasteiger partial charge < -0.3 is 5.32 Å². The molecule has 3 rings (SSSR count). The van der Waals surface area contributed by atoms with E-state index in [2.05, 4.69) is 5.32 Å². The number of anilines is 1. The molecule has 0 saturated heterocycles. The van der Waals surface area contributed by atoms with Gasteiger partial charge in [0, 0.05) is 6.54 Å². The lowest BCUT2D eigenvalue weighted by Crippen LogP contribution is -2.40. The molecule has 0 aliphatic rings. The third-order valence-corrected chi connectivity index (χ3v) is 6.87. The average Bonchev–Trinajstić information content (AvgIpc) is 2.74. The molecular weight excluding hydrogens is 415 g/mol. The largest absolute Gasteiger partial charge is 0.350 e. The molecule has 0 aliphatic carbocycles. The summed E-state index contributed by atoms with van der Waals surface area (Å²) in [7, 11) is -3.96. The van der Waals surface area contributed by atoms with Crippen LogP contribution < -0.4 is 9.62 Å². The van der Waals surface area contributed by atoms with Gasteiger partial charge in [0.25, 0.3) is 10.0 Å². The minimum absolute atomic E-state index is 0.114. The van der Waals surface area contributed by atoms with Crippen LogP contribution in [0.1, 0.15) is 22.3 Å². The first kappa shape index (κ1) is 22.5. The van der Waals surface area contributed by atoms with Crippen LogP contribution >= 0.6 is 0 Å². The Morgan fingerprint density at radius 2 is 1.55 bits per heavy atom. The van der Waals surface area contributed by atoms with E-state index in [9.17, 15) is 17.6 Å². The van der Waals surface area contributed by atoms with E-state index in [1.165, 1.54) is 24.3 Å². The SMILES string of the molecule is Cc1ccc(S(=O)(=O)N(CC(=O)NCc2ccc(F)cc2)c2ccc(C)c(C)c2)cc1. The van der Waals surface area contributed by atoms with Crippen molar-refractivity contribution in [3.05, 3.63) is 94.8 Å². The lowest BCUT2D eigenvalue weighted by molar-refractivity contribution is -0.119. The van der Waals surface area contributed by atoms with E-state index in [0.717, 1.165) is 21.0 Å². The normalized spacial score (nSPS) is 11.2. The number of carbonyl (C=O) groups excluding carboxylic acids is 1. The van der Waals surface area contributed by atoms with Crippen molar-refractivity contribution in [2.75, 3.05) is 10.8 Å². The molecule has 3 aromatic rings. The number of carbonyl (C=O) groups is 1. The minimum atomic E-state index is -3.96. The molecular formula is C24H25FN2O3S. The maximum Gasteiger partial charge on any atom is 0.264 e. The van der Waals surface area contributed by atoms with Gasteiger partial charge in [-0.3, -0.25) is 9.10 Å². The summed E-state index contributed by atoms with van der Waals surface area (Å²) in [4.78, 5) is 12.8. The molecule has 0 unspecified atom stereocenters. The molecule has 0 heterocycles. The number of amides is 1.